The van der Waals surface area contributed by atoms with E-state index >= 15 is 0 Å². The molecule has 8 nitrogen and oxygen atoms in total. The second kappa shape index (κ2) is 7.84. The Labute approximate surface area is 147 Å². The highest BCUT2D eigenvalue weighted by molar-refractivity contribution is 5.90. The Kier molecular flexibility index (Phi) is 5.55. The summed E-state index contributed by atoms with van der Waals surface area (Å²) in [4.78, 5) is 28.9. The third-order valence-electron chi connectivity index (χ3n) is 5.04. The zero-order valence-corrected chi connectivity index (χ0v) is 15.0. The second-order valence-corrected chi connectivity index (χ2v) is 7.04. The predicted octanol–water partition coefficient (Wildman–Crippen LogP) is 1.61. The van der Waals surface area contributed by atoms with E-state index in [2.05, 4.69) is 22.4 Å². The molecule has 2 saturated heterocycles. The van der Waals surface area contributed by atoms with Crippen molar-refractivity contribution in [3.63, 3.8) is 0 Å². The lowest BCUT2D eigenvalue weighted by Gasteiger charge is -2.36. The molecular formula is C17H27N5O3. The van der Waals surface area contributed by atoms with E-state index in [1.807, 2.05) is 11.8 Å². The number of anilines is 1. The van der Waals surface area contributed by atoms with Gasteiger partial charge in [0.2, 0.25) is 5.91 Å². The summed E-state index contributed by atoms with van der Waals surface area (Å²) in [5.41, 5.74) is 0. The number of hydrogen-bond acceptors (Lipinski definition) is 6. The average molecular weight is 349 g/mol. The topological polar surface area (TPSA) is 91.6 Å². The summed E-state index contributed by atoms with van der Waals surface area (Å²) in [6.45, 7) is 7.61. The highest BCUT2D eigenvalue weighted by Gasteiger charge is 2.33. The van der Waals surface area contributed by atoms with Crippen molar-refractivity contribution in [3.8, 4) is 0 Å². The maximum absolute atomic E-state index is 12.7. The smallest absolute Gasteiger partial charge is 0.315 e. The Morgan fingerprint density at radius 3 is 2.60 bits per heavy atom. The first-order valence-corrected chi connectivity index (χ1v) is 9.24. The van der Waals surface area contributed by atoms with Gasteiger partial charge in [-0.05, 0) is 38.5 Å². The third-order valence-corrected chi connectivity index (χ3v) is 5.04. The lowest BCUT2D eigenvalue weighted by atomic mass is 9.92. The monoisotopic (exact) mass is 349 g/mol. The third kappa shape index (κ3) is 4.11. The van der Waals surface area contributed by atoms with E-state index in [4.69, 9.17) is 4.42 Å². The van der Waals surface area contributed by atoms with Crippen LogP contribution in [0.15, 0.2) is 4.42 Å². The van der Waals surface area contributed by atoms with Crippen LogP contribution in [-0.4, -0.2) is 64.5 Å². The Bertz CT molecular complexity index is 609. The van der Waals surface area contributed by atoms with Crippen molar-refractivity contribution in [2.24, 2.45) is 11.8 Å². The molecule has 1 unspecified atom stereocenters. The summed E-state index contributed by atoms with van der Waals surface area (Å²) >= 11 is 0. The minimum absolute atomic E-state index is 0.00517. The molecule has 0 saturated carbocycles. The van der Waals surface area contributed by atoms with Crippen molar-refractivity contribution < 1.29 is 14.0 Å². The molecule has 1 aromatic rings. The van der Waals surface area contributed by atoms with Crippen molar-refractivity contribution in [1.82, 2.24) is 20.0 Å². The van der Waals surface area contributed by atoms with Crippen LogP contribution in [0.1, 0.15) is 50.2 Å². The average Bonchev–Trinajstić information content (AvgIpc) is 3.09. The van der Waals surface area contributed by atoms with Gasteiger partial charge in [0.25, 0.3) is 0 Å². The van der Waals surface area contributed by atoms with E-state index in [1.165, 1.54) is 6.42 Å². The fourth-order valence-corrected chi connectivity index (χ4v) is 3.64. The lowest BCUT2D eigenvalue weighted by Crippen LogP contribution is -2.47. The number of amides is 2. The number of rotatable bonds is 4. The number of nitrogens with one attached hydrogen (secondary N) is 1. The Hall–Kier alpha value is -2.12. The van der Waals surface area contributed by atoms with E-state index in [9.17, 15) is 9.59 Å². The van der Waals surface area contributed by atoms with Gasteiger partial charge in [-0.2, -0.15) is 0 Å². The molecule has 0 aromatic carbocycles. The summed E-state index contributed by atoms with van der Waals surface area (Å²) in [7, 11) is 0. The van der Waals surface area contributed by atoms with Crippen LogP contribution < -0.4 is 5.32 Å². The van der Waals surface area contributed by atoms with Crippen LogP contribution in [-0.2, 0) is 4.79 Å². The normalized spacial score (nSPS) is 22.1. The molecule has 8 heteroatoms. The SMILES string of the molecule is CCNc1nnc(C(=O)N2CCC(C(=O)N3CCCC(C)C3)CC2)o1. The minimum Gasteiger partial charge on any atom is -0.399 e. The van der Waals surface area contributed by atoms with E-state index in [0.29, 0.717) is 38.4 Å². The summed E-state index contributed by atoms with van der Waals surface area (Å²) in [5, 5.41) is 10.5. The molecule has 2 amide bonds. The van der Waals surface area contributed by atoms with Crippen LogP contribution in [0.3, 0.4) is 0 Å². The number of aromatic nitrogens is 2. The maximum atomic E-state index is 12.7. The number of hydrogen-bond donors (Lipinski definition) is 1. The van der Waals surface area contributed by atoms with Gasteiger partial charge in [0.1, 0.15) is 0 Å². The summed E-state index contributed by atoms with van der Waals surface area (Å²) < 4.78 is 5.32. The molecule has 3 heterocycles. The molecular weight excluding hydrogens is 322 g/mol. The van der Waals surface area contributed by atoms with E-state index in [1.54, 1.807) is 4.90 Å². The van der Waals surface area contributed by atoms with Gasteiger partial charge in [0, 0.05) is 38.6 Å². The van der Waals surface area contributed by atoms with E-state index < -0.39 is 0 Å². The molecule has 3 rings (SSSR count). The quantitative estimate of drug-likeness (QED) is 0.888. The van der Waals surface area contributed by atoms with Crippen molar-refractivity contribution in [1.29, 1.82) is 0 Å². The molecule has 138 valence electrons. The van der Waals surface area contributed by atoms with Crippen LogP contribution >= 0.6 is 0 Å². The van der Waals surface area contributed by atoms with Crippen LogP contribution in [0.5, 0.6) is 0 Å². The van der Waals surface area contributed by atoms with Gasteiger partial charge in [-0.15, -0.1) is 5.10 Å². The molecule has 1 N–H and O–H groups in total. The van der Waals surface area contributed by atoms with Crippen LogP contribution in [0.25, 0.3) is 0 Å². The number of nitrogens with zero attached hydrogens (tertiary/aromatic N) is 4. The highest BCUT2D eigenvalue weighted by atomic mass is 16.4. The van der Waals surface area contributed by atoms with Crippen molar-refractivity contribution in [3.05, 3.63) is 5.89 Å². The summed E-state index contributed by atoms with van der Waals surface area (Å²) in [6.07, 6.45) is 3.69. The fourth-order valence-electron chi connectivity index (χ4n) is 3.64. The molecule has 0 radical (unpaired) electrons. The van der Waals surface area contributed by atoms with Crippen molar-refractivity contribution in [2.75, 3.05) is 38.0 Å². The number of likely N-dealkylation sites (tertiary alicyclic amines) is 2. The van der Waals surface area contributed by atoms with Gasteiger partial charge in [0.15, 0.2) is 0 Å². The molecule has 1 aromatic heterocycles. The first-order chi connectivity index (χ1) is 12.1. The molecule has 0 bridgehead atoms. The first-order valence-electron chi connectivity index (χ1n) is 9.24. The second-order valence-electron chi connectivity index (χ2n) is 7.04. The number of carbonyl (C=O) groups excluding carboxylic acids is 2. The Balaban J connectivity index is 1.52. The molecule has 0 spiro atoms. The van der Waals surface area contributed by atoms with Crippen LogP contribution in [0.4, 0.5) is 6.01 Å². The van der Waals surface area contributed by atoms with Gasteiger partial charge < -0.3 is 19.5 Å². The van der Waals surface area contributed by atoms with Gasteiger partial charge in [-0.25, -0.2) is 0 Å². The van der Waals surface area contributed by atoms with Crippen LogP contribution in [0, 0.1) is 11.8 Å². The fraction of sp³-hybridized carbons (Fsp3) is 0.765. The number of carbonyl (C=O) groups is 2. The number of piperidine rings is 2. The molecule has 25 heavy (non-hydrogen) atoms. The maximum Gasteiger partial charge on any atom is 0.315 e. The predicted molar refractivity (Wildman–Crippen MR) is 92.1 cm³/mol. The Morgan fingerprint density at radius 1 is 1.16 bits per heavy atom. The van der Waals surface area contributed by atoms with E-state index in [0.717, 1.165) is 19.5 Å². The molecule has 2 aliphatic heterocycles. The Morgan fingerprint density at radius 2 is 1.92 bits per heavy atom. The summed E-state index contributed by atoms with van der Waals surface area (Å²) in [6, 6.07) is 0.259. The lowest BCUT2D eigenvalue weighted by molar-refractivity contribution is -0.138. The summed E-state index contributed by atoms with van der Waals surface area (Å²) in [5.74, 6) is 0.614. The van der Waals surface area contributed by atoms with Gasteiger partial charge in [-0.1, -0.05) is 12.0 Å². The molecule has 2 aliphatic rings. The van der Waals surface area contributed by atoms with Gasteiger partial charge in [0.05, 0.1) is 0 Å². The molecule has 1 atom stereocenters. The van der Waals surface area contributed by atoms with Crippen LogP contribution in [0.2, 0.25) is 0 Å². The first kappa shape index (κ1) is 17.7. The van der Waals surface area contributed by atoms with Crippen molar-refractivity contribution >= 4 is 17.8 Å². The zero-order chi connectivity index (χ0) is 17.8. The van der Waals surface area contributed by atoms with Gasteiger partial charge in [-0.3, -0.25) is 9.59 Å². The van der Waals surface area contributed by atoms with E-state index in [-0.39, 0.29) is 29.6 Å². The standard InChI is InChI=1S/C17H27N5O3/c1-3-18-17-20-19-14(25-17)16(24)21-9-6-13(7-10-21)15(23)22-8-4-5-12(2)11-22/h12-13H,3-11H2,1-2H3,(H,18,20). The molecule has 2 fully saturated rings. The largest absolute Gasteiger partial charge is 0.399 e. The van der Waals surface area contributed by atoms with Crippen molar-refractivity contribution in [2.45, 2.75) is 39.5 Å². The zero-order valence-electron chi connectivity index (χ0n) is 15.0. The van der Waals surface area contributed by atoms with Gasteiger partial charge >= 0.3 is 17.8 Å². The molecule has 0 aliphatic carbocycles. The minimum atomic E-state index is -0.255. The highest BCUT2D eigenvalue weighted by Crippen LogP contribution is 2.24.